The molecule has 2 rings (SSSR count). The van der Waals surface area contributed by atoms with Gasteiger partial charge in [0, 0.05) is 31.2 Å². The molecule has 1 aliphatic rings. The van der Waals surface area contributed by atoms with E-state index in [9.17, 15) is 5.11 Å². The van der Waals surface area contributed by atoms with Gasteiger partial charge in [-0.3, -0.25) is 9.80 Å². The molecule has 1 heterocycles. The minimum atomic E-state index is 0.112. The first-order chi connectivity index (χ1) is 8.53. The van der Waals surface area contributed by atoms with E-state index in [1.165, 1.54) is 5.56 Å². The van der Waals surface area contributed by atoms with Crippen molar-refractivity contribution in [3.05, 3.63) is 35.9 Å². The third kappa shape index (κ3) is 2.91. The van der Waals surface area contributed by atoms with Crippen molar-refractivity contribution in [2.45, 2.75) is 32.0 Å². The van der Waals surface area contributed by atoms with Gasteiger partial charge in [0.25, 0.3) is 0 Å². The quantitative estimate of drug-likeness (QED) is 0.879. The van der Waals surface area contributed by atoms with E-state index in [-0.39, 0.29) is 18.2 Å². The maximum Gasteiger partial charge on any atom is 0.0599 e. The molecule has 3 heteroatoms. The van der Waals surface area contributed by atoms with E-state index in [1.54, 1.807) is 0 Å². The van der Waals surface area contributed by atoms with Gasteiger partial charge in [-0.25, -0.2) is 0 Å². The van der Waals surface area contributed by atoms with Crippen LogP contribution in [-0.4, -0.2) is 53.2 Å². The van der Waals surface area contributed by atoms with Crippen LogP contribution in [0.2, 0.25) is 0 Å². The van der Waals surface area contributed by atoms with Gasteiger partial charge in [0.2, 0.25) is 0 Å². The van der Waals surface area contributed by atoms with Crippen LogP contribution in [-0.2, 0) is 6.54 Å². The van der Waals surface area contributed by atoms with Crippen molar-refractivity contribution in [2.24, 2.45) is 0 Å². The van der Waals surface area contributed by atoms with E-state index in [4.69, 9.17) is 0 Å². The van der Waals surface area contributed by atoms with E-state index in [1.807, 2.05) is 6.07 Å². The van der Waals surface area contributed by atoms with E-state index in [2.05, 4.69) is 55.0 Å². The summed E-state index contributed by atoms with van der Waals surface area (Å²) in [6.07, 6.45) is 0. The van der Waals surface area contributed by atoms with Crippen molar-refractivity contribution in [1.82, 2.24) is 9.80 Å². The Morgan fingerprint density at radius 1 is 1.28 bits per heavy atom. The highest BCUT2D eigenvalue weighted by atomic mass is 16.3. The molecule has 0 aliphatic carbocycles. The molecule has 1 unspecified atom stereocenters. The molecule has 1 aliphatic heterocycles. The number of nitrogens with zero attached hydrogens (tertiary/aromatic N) is 2. The Morgan fingerprint density at radius 3 is 2.56 bits per heavy atom. The van der Waals surface area contributed by atoms with Crippen molar-refractivity contribution in [1.29, 1.82) is 0 Å². The largest absolute Gasteiger partial charge is 0.395 e. The number of rotatable bonds is 3. The van der Waals surface area contributed by atoms with Gasteiger partial charge in [-0.2, -0.15) is 0 Å². The monoisotopic (exact) mass is 248 g/mol. The van der Waals surface area contributed by atoms with Crippen LogP contribution in [0.5, 0.6) is 0 Å². The van der Waals surface area contributed by atoms with Crippen molar-refractivity contribution < 1.29 is 5.11 Å². The Hall–Kier alpha value is -0.900. The Balaban J connectivity index is 2.06. The third-order valence-corrected chi connectivity index (χ3v) is 4.04. The molecule has 100 valence electrons. The molecular weight excluding hydrogens is 224 g/mol. The number of aliphatic hydroxyl groups is 1. The minimum absolute atomic E-state index is 0.112. The summed E-state index contributed by atoms with van der Waals surface area (Å²) in [6.45, 7) is 7.65. The summed E-state index contributed by atoms with van der Waals surface area (Å²) in [5.74, 6) is 0. The van der Waals surface area contributed by atoms with Crippen LogP contribution in [0.25, 0.3) is 0 Å². The SMILES string of the molecule is CN1C(CO)CN(Cc2ccccc2)CC1(C)C. The zero-order valence-electron chi connectivity index (χ0n) is 11.6. The Morgan fingerprint density at radius 2 is 1.94 bits per heavy atom. The number of aliphatic hydroxyl groups excluding tert-OH is 1. The van der Waals surface area contributed by atoms with Crippen LogP contribution in [0.3, 0.4) is 0 Å². The van der Waals surface area contributed by atoms with E-state index in [0.29, 0.717) is 0 Å². The van der Waals surface area contributed by atoms with Crippen LogP contribution in [0.4, 0.5) is 0 Å². The highest BCUT2D eigenvalue weighted by molar-refractivity contribution is 5.15. The lowest BCUT2D eigenvalue weighted by Gasteiger charge is -2.49. The maximum absolute atomic E-state index is 9.51. The molecule has 0 saturated carbocycles. The van der Waals surface area contributed by atoms with Crippen LogP contribution in [0, 0.1) is 0 Å². The number of benzene rings is 1. The summed E-state index contributed by atoms with van der Waals surface area (Å²) >= 11 is 0. The van der Waals surface area contributed by atoms with Crippen LogP contribution < -0.4 is 0 Å². The number of likely N-dealkylation sites (N-methyl/N-ethyl adjacent to an activating group) is 1. The van der Waals surface area contributed by atoms with E-state index >= 15 is 0 Å². The number of piperazine rings is 1. The second-order valence-electron chi connectivity index (χ2n) is 5.91. The van der Waals surface area contributed by atoms with Crippen molar-refractivity contribution in [3.8, 4) is 0 Å². The lowest BCUT2D eigenvalue weighted by molar-refractivity contribution is -0.0297. The fourth-order valence-electron chi connectivity index (χ4n) is 2.78. The predicted molar refractivity (Wildman–Crippen MR) is 74.4 cm³/mol. The van der Waals surface area contributed by atoms with Crippen molar-refractivity contribution in [2.75, 3.05) is 26.7 Å². The van der Waals surface area contributed by atoms with Gasteiger partial charge in [0.15, 0.2) is 0 Å². The Bertz CT molecular complexity index is 377. The van der Waals surface area contributed by atoms with Crippen LogP contribution in [0.1, 0.15) is 19.4 Å². The standard InChI is InChI=1S/C15H24N2O/c1-15(2)12-17(10-14(11-18)16(15)3)9-13-7-5-4-6-8-13/h4-8,14,18H,9-12H2,1-3H3. The van der Waals surface area contributed by atoms with Crippen LogP contribution >= 0.6 is 0 Å². The molecule has 0 spiro atoms. The molecule has 1 atom stereocenters. The van der Waals surface area contributed by atoms with Gasteiger partial charge in [0.1, 0.15) is 0 Å². The topological polar surface area (TPSA) is 26.7 Å². The number of hydrogen-bond donors (Lipinski definition) is 1. The fourth-order valence-corrected chi connectivity index (χ4v) is 2.78. The normalized spacial score (nSPS) is 25.2. The van der Waals surface area contributed by atoms with E-state index in [0.717, 1.165) is 19.6 Å². The molecule has 1 aromatic carbocycles. The highest BCUT2D eigenvalue weighted by Crippen LogP contribution is 2.24. The molecule has 0 amide bonds. The average Bonchev–Trinajstić information content (AvgIpc) is 2.34. The predicted octanol–water partition coefficient (Wildman–Crippen LogP) is 1.57. The van der Waals surface area contributed by atoms with Gasteiger partial charge in [0.05, 0.1) is 6.61 Å². The number of hydrogen-bond acceptors (Lipinski definition) is 3. The highest BCUT2D eigenvalue weighted by Gasteiger charge is 2.36. The molecule has 0 bridgehead atoms. The first-order valence-corrected chi connectivity index (χ1v) is 6.63. The zero-order chi connectivity index (χ0) is 13.2. The van der Waals surface area contributed by atoms with Gasteiger partial charge in [-0.05, 0) is 26.5 Å². The lowest BCUT2D eigenvalue weighted by Crippen LogP contribution is -2.63. The van der Waals surface area contributed by atoms with Gasteiger partial charge in [-0.1, -0.05) is 30.3 Å². The third-order valence-electron chi connectivity index (χ3n) is 4.04. The van der Waals surface area contributed by atoms with Gasteiger partial charge >= 0.3 is 0 Å². The zero-order valence-corrected chi connectivity index (χ0v) is 11.6. The smallest absolute Gasteiger partial charge is 0.0599 e. The maximum atomic E-state index is 9.51. The Labute approximate surface area is 110 Å². The fraction of sp³-hybridized carbons (Fsp3) is 0.600. The second-order valence-corrected chi connectivity index (χ2v) is 5.91. The summed E-state index contributed by atoms with van der Waals surface area (Å²) in [7, 11) is 2.11. The summed E-state index contributed by atoms with van der Waals surface area (Å²) in [4.78, 5) is 4.74. The minimum Gasteiger partial charge on any atom is -0.395 e. The van der Waals surface area contributed by atoms with Crippen molar-refractivity contribution in [3.63, 3.8) is 0 Å². The molecule has 18 heavy (non-hydrogen) atoms. The molecule has 3 nitrogen and oxygen atoms in total. The molecule has 1 saturated heterocycles. The van der Waals surface area contributed by atoms with E-state index < -0.39 is 0 Å². The summed E-state index contributed by atoms with van der Waals surface area (Å²) in [5.41, 5.74) is 1.45. The van der Waals surface area contributed by atoms with Crippen LogP contribution in [0.15, 0.2) is 30.3 Å². The molecule has 1 aromatic rings. The molecule has 1 N–H and O–H groups in total. The lowest BCUT2D eigenvalue weighted by atomic mass is 9.95. The van der Waals surface area contributed by atoms with Crippen molar-refractivity contribution >= 4 is 0 Å². The summed E-state index contributed by atoms with van der Waals surface area (Å²) in [5, 5.41) is 9.51. The van der Waals surface area contributed by atoms with Gasteiger partial charge < -0.3 is 5.11 Å². The second kappa shape index (κ2) is 5.39. The molecule has 0 radical (unpaired) electrons. The first kappa shape index (κ1) is 13.5. The summed E-state index contributed by atoms with van der Waals surface area (Å²) in [6, 6.07) is 10.8. The molecular formula is C15H24N2O. The molecule has 0 aromatic heterocycles. The Kier molecular flexibility index (Phi) is 4.05. The summed E-state index contributed by atoms with van der Waals surface area (Å²) < 4.78 is 0. The average molecular weight is 248 g/mol. The first-order valence-electron chi connectivity index (χ1n) is 6.63. The molecule has 1 fully saturated rings. The van der Waals surface area contributed by atoms with Gasteiger partial charge in [-0.15, -0.1) is 0 Å².